The first-order valence-corrected chi connectivity index (χ1v) is 8.56. The monoisotopic (exact) mass is 342 g/mol. The van der Waals surface area contributed by atoms with Crippen molar-refractivity contribution >= 4 is 11.6 Å². The number of anilines is 1. The summed E-state index contributed by atoms with van der Waals surface area (Å²) in [4.78, 5) is 14.6. The molecule has 0 atom stereocenters. The Morgan fingerprint density at radius 1 is 1.20 bits per heavy atom. The molecule has 1 heterocycles. The molecule has 1 N–H and O–H groups in total. The van der Waals surface area contributed by atoms with E-state index < -0.39 is 0 Å². The number of benzene rings is 2. The molecular formula is C20H23FN2O2. The molecule has 1 saturated heterocycles. The van der Waals surface area contributed by atoms with E-state index in [-0.39, 0.29) is 17.6 Å². The molecule has 5 heteroatoms. The van der Waals surface area contributed by atoms with Gasteiger partial charge in [-0.25, -0.2) is 4.39 Å². The van der Waals surface area contributed by atoms with Gasteiger partial charge in [-0.2, -0.15) is 0 Å². The van der Waals surface area contributed by atoms with Gasteiger partial charge in [0.15, 0.2) is 0 Å². The predicted octanol–water partition coefficient (Wildman–Crippen LogP) is 3.69. The maximum Gasteiger partial charge on any atom is 0.227 e. The molecule has 1 amide bonds. The van der Waals surface area contributed by atoms with Gasteiger partial charge in [0.05, 0.1) is 7.11 Å². The molecule has 0 aliphatic carbocycles. The van der Waals surface area contributed by atoms with Crippen LogP contribution in [-0.2, 0) is 11.3 Å². The van der Waals surface area contributed by atoms with Crippen LogP contribution in [0.3, 0.4) is 0 Å². The number of hydrogen-bond acceptors (Lipinski definition) is 3. The van der Waals surface area contributed by atoms with E-state index in [0.717, 1.165) is 37.2 Å². The Morgan fingerprint density at radius 2 is 1.92 bits per heavy atom. The lowest BCUT2D eigenvalue weighted by Gasteiger charge is -2.31. The number of ether oxygens (including phenoxy) is 1. The third-order valence-corrected chi connectivity index (χ3v) is 4.64. The first-order chi connectivity index (χ1) is 12.2. The van der Waals surface area contributed by atoms with E-state index in [1.165, 1.54) is 12.1 Å². The van der Waals surface area contributed by atoms with Crippen LogP contribution in [0.15, 0.2) is 48.5 Å². The Kier molecular flexibility index (Phi) is 5.66. The van der Waals surface area contributed by atoms with Crippen molar-refractivity contribution in [3.05, 3.63) is 59.9 Å². The fourth-order valence-corrected chi connectivity index (χ4v) is 3.23. The minimum atomic E-state index is -0.257. The first kappa shape index (κ1) is 17.4. The third kappa shape index (κ3) is 4.57. The number of para-hydroxylation sites is 1. The van der Waals surface area contributed by atoms with Gasteiger partial charge in [-0.05, 0) is 56.3 Å². The van der Waals surface area contributed by atoms with Gasteiger partial charge >= 0.3 is 0 Å². The van der Waals surface area contributed by atoms with Crippen molar-refractivity contribution in [3.63, 3.8) is 0 Å². The lowest BCUT2D eigenvalue weighted by atomic mass is 9.95. The predicted molar refractivity (Wildman–Crippen MR) is 96.0 cm³/mol. The summed E-state index contributed by atoms with van der Waals surface area (Å²) in [5.74, 6) is 0.540. The molecule has 0 bridgehead atoms. The molecule has 25 heavy (non-hydrogen) atoms. The van der Waals surface area contributed by atoms with Crippen LogP contribution in [0.1, 0.15) is 18.4 Å². The number of hydrogen-bond donors (Lipinski definition) is 1. The third-order valence-electron chi connectivity index (χ3n) is 4.64. The summed E-state index contributed by atoms with van der Waals surface area (Å²) in [6.45, 7) is 2.26. The van der Waals surface area contributed by atoms with Crippen LogP contribution in [0.4, 0.5) is 10.1 Å². The van der Waals surface area contributed by atoms with Gasteiger partial charge < -0.3 is 10.1 Å². The normalized spacial score (nSPS) is 15.8. The van der Waals surface area contributed by atoms with Crippen molar-refractivity contribution < 1.29 is 13.9 Å². The van der Waals surface area contributed by atoms with Crippen LogP contribution >= 0.6 is 0 Å². The molecule has 3 rings (SSSR count). The summed E-state index contributed by atoms with van der Waals surface area (Å²) in [6, 6.07) is 14.1. The number of carbonyl (C=O) groups excluding carboxylic acids is 1. The highest BCUT2D eigenvalue weighted by molar-refractivity contribution is 5.92. The molecule has 1 aliphatic rings. The van der Waals surface area contributed by atoms with Gasteiger partial charge in [0.25, 0.3) is 0 Å². The Morgan fingerprint density at radius 3 is 2.60 bits per heavy atom. The van der Waals surface area contributed by atoms with E-state index in [0.29, 0.717) is 12.3 Å². The van der Waals surface area contributed by atoms with Crippen LogP contribution in [-0.4, -0.2) is 31.0 Å². The quantitative estimate of drug-likeness (QED) is 0.901. The number of halogens is 1. The largest absolute Gasteiger partial charge is 0.496 e. The minimum Gasteiger partial charge on any atom is -0.496 e. The summed E-state index contributed by atoms with van der Waals surface area (Å²) in [6.07, 6.45) is 1.60. The van der Waals surface area contributed by atoms with Gasteiger partial charge in [-0.15, -0.1) is 0 Å². The molecule has 4 nitrogen and oxygen atoms in total. The molecule has 0 spiro atoms. The molecule has 2 aromatic carbocycles. The van der Waals surface area contributed by atoms with Crippen LogP contribution in [0.2, 0.25) is 0 Å². The van der Waals surface area contributed by atoms with Crippen molar-refractivity contribution in [1.82, 2.24) is 4.90 Å². The standard InChI is InChI=1S/C20H23FN2O2/c1-25-19-8-7-17(21)13-16(19)14-23-11-9-15(10-12-23)20(24)22-18-5-3-2-4-6-18/h2-8,13,15H,9-12,14H2,1H3,(H,22,24). The van der Waals surface area contributed by atoms with E-state index in [4.69, 9.17) is 4.74 Å². The molecular weight excluding hydrogens is 319 g/mol. The van der Waals surface area contributed by atoms with E-state index in [2.05, 4.69) is 10.2 Å². The summed E-state index contributed by atoms with van der Waals surface area (Å²) >= 11 is 0. The van der Waals surface area contributed by atoms with Crippen molar-refractivity contribution in [3.8, 4) is 5.75 Å². The summed E-state index contributed by atoms with van der Waals surface area (Å²) in [7, 11) is 1.59. The van der Waals surface area contributed by atoms with E-state index in [9.17, 15) is 9.18 Å². The molecule has 1 fully saturated rings. The lowest BCUT2D eigenvalue weighted by molar-refractivity contribution is -0.121. The first-order valence-electron chi connectivity index (χ1n) is 8.56. The number of carbonyl (C=O) groups is 1. The smallest absolute Gasteiger partial charge is 0.227 e. The maximum atomic E-state index is 13.5. The van der Waals surface area contributed by atoms with E-state index in [1.54, 1.807) is 13.2 Å². The van der Waals surface area contributed by atoms with Crippen LogP contribution < -0.4 is 10.1 Å². The number of nitrogens with one attached hydrogen (secondary N) is 1. The van der Waals surface area contributed by atoms with Gasteiger partial charge in [0, 0.05) is 23.7 Å². The van der Waals surface area contributed by atoms with Gasteiger partial charge in [0.2, 0.25) is 5.91 Å². The topological polar surface area (TPSA) is 41.6 Å². The fourth-order valence-electron chi connectivity index (χ4n) is 3.23. The second-order valence-corrected chi connectivity index (χ2v) is 6.36. The van der Waals surface area contributed by atoms with Crippen LogP contribution in [0.25, 0.3) is 0 Å². The summed E-state index contributed by atoms with van der Waals surface area (Å²) in [5.41, 5.74) is 1.68. The zero-order chi connectivity index (χ0) is 17.6. The highest BCUT2D eigenvalue weighted by Crippen LogP contribution is 2.25. The Labute approximate surface area is 147 Å². The molecule has 0 saturated carbocycles. The number of rotatable bonds is 5. The summed E-state index contributed by atoms with van der Waals surface area (Å²) in [5, 5.41) is 2.97. The average Bonchev–Trinajstić information content (AvgIpc) is 2.63. The lowest BCUT2D eigenvalue weighted by Crippen LogP contribution is -2.37. The van der Waals surface area contributed by atoms with Crippen molar-refractivity contribution in [2.45, 2.75) is 19.4 Å². The second kappa shape index (κ2) is 8.12. The van der Waals surface area contributed by atoms with Gasteiger partial charge in [0.1, 0.15) is 11.6 Å². The van der Waals surface area contributed by atoms with Gasteiger partial charge in [-0.3, -0.25) is 9.69 Å². The molecule has 1 aliphatic heterocycles. The number of likely N-dealkylation sites (tertiary alicyclic amines) is 1. The van der Waals surface area contributed by atoms with Crippen molar-refractivity contribution in [1.29, 1.82) is 0 Å². The van der Waals surface area contributed by atoms with Gasteiger partial charge in [-0.1, -0.05) is 18.2 Å². The number of piperidine rings is 1. The fraction of sp³-hybridized carbons (Fsp3) is 0.350. The van der Waals surface area contributed by atoms with Crippen molar-refractivity contribution in [2.75, 3.05) is 25.5 Å². The Hall–Kier alpha value is -2.40. The molecule has 0 aromatic heterocycles. The molecule has 0 radical (unpaired) electrons. The minimum absolute atomic E-state index is 0.0193. The number of methoxy groups -OCH3 is 1. The number of nitrogens with zero attached hydrogens (tertiary/aromatic N) is 1. The highest BCUT2D eigenvalue weighted by Gasteiger charge is 2.25. The molecule has 0 unspecified atom stereocenters. The zero-order valence-corrected chi connectivity index (χ0v) is 14.4. The SMILES string of the molecule is COc1ccc(F)cc1CN1CCC(C(=O)Nc2ccccc2)CC1. The van der Waals surface area contributed by atoms with Crippen LogP contribution in [0.5, 0.6) is 5.75 Å². The number of amides is 1. The maximum absolute atomic E-state index is 13.5. The average molecular weight is 342 g/mol. The van der Waals surface area contributed by atoms with E-state index >= 15 is 0 Å². The molecule has 2 aromatic rings. The Balaban J connectivity index is 1.53. The second-order valence-electron chi connectivity index (χ2n) is 6.36. The van der Waals surface area contributed by atoms with E-state index in [1.807, 2.05) is 30.3 Å². The summed E-state index contributed by atoms with van der Waals surface area (Å²) < 4.78 is 18.8. The molecule has 132 valence electrons. The Bertz CT molecular complexity index is 713. The highest BCUT2D eigenvalue weighted by atomic mass is 19.1. The van der Waals surface area contributed by atoms with Crippen LogP contribution in [0, 0.1) is 11.7 Å². The zero-order valence-electron chi connectivity index (χ0n) is 14.4. The van der Waals surface area contributed by atoms with Crippen molar-refractivity contribution in [2.24, 2.45) is 5.92 Å².